The van der Waals surface area contributed by atoms with Gasteiger partial charge in [0.2, 0.25) is 9.05 Å². The second-order valence-electron chi connectivity index (χ2n) is 5.42. The van der Waals surface area contributed by atoms with Gasteiger partial charge in [-0.25, -0.2) is 8.42 Å². The van der Waals surface area contributed by atoms with Crippen LogP contribution >= 0.6 is 10.7 Å². The number of hydrogen-bond acceptors (Lipinski definition) is 3. The minimum atomic E-state index is -3.54. The van der Waals surface area contributed by atoms with Gasteiger partial charge in [0.05, 0.1) is 12.4 Å². The number of hydrogen-bond donors (Lipinski definition) is 0. The van der Waals surface area contributed by atoms with E-state index < -0.39 is 9.05 Å². The van der Waals surface area contributed by atoms with Gasteiger partial charge in [0, 0.05) is 23.2 Å². The molecule has 0 amide bonds. The van der Waals surface area contributed by atoms with Crippen LogP contribution in [0, 0.1) is 5.92 Å². The fraction of sp³-hybridized carbons (Fsp3) is 0.600. The summed E-state index contributed by atoms with van der Waals surface area (Å²) in [5.41, 5.74) is 0.945. The van der Waals surface area contributed by atoms with Gasteiger partial charge in [-0.1, -0.05) is 44.2 Å². The Morgan fingerprint density at radius 2 is 1.85 bits per heavy atom. The molecule has 0 bridgehead atoms. The summed E-state index contributed by atoms with van der Waals surface area (Å²) < 4.78 is 28.2. The maximum atomic E-state index is 11.3. The van der Waals surface area contributed by atoms with Crippen LogP contribution in [0.2, 0.25) is 0 Å². The van der Waals surface area contributed by atoms with Crippen molar-refractivity contribution in [1.82, 2.24) is 0 Å². The maximum absolute atomic E-state index is 11.3. The van der Waals surface area contributed by atoms with Gasteiger partial charge in [-0.15, -0.1) is 0 Å². The van der Waals surface area contributed by atoms with E-state index in [-0.39, 0.29) is 11.7 Å². The highest BCUT2D eigenvalue weighted by Crippen LogP contribution is 2.20. The Labute approximate surface area is 126 Å². The molecule has 1 aromatic carbocycles. The van der Waals surface area contributed by atoms with Crippen molar-refractivity contribution in [2.24, 2.45) is 5.92 Å². The first-order chi connectivity index (χ1) is 9.38. The fourth-order valence-corrected chi connectivity index (χ4v) is 3.25. The molecule has 0 aromatic heterocycles. The predicted octanol–water partition coefficient (Wildman–Crippen LogP) is 3.79. The number of ether oxygens (including phenoxy) is 1. The van der Waals surface area contributed by atoms with Crippen LogP contribution < -0.4 is 0 Å². The second kappa shape index (κ2) is 8.65. The van der Waals surface area contributed by atoms with Gasteiger partial charge in [-0.3, -0.25) is 0 Å². The first-order valence-corrected chi connectivity index (χ1v) is 9.41. The Morgan fingerprint density at radius 1 is 1.20 bits per heavy atom. The molecule has 0 aliphatic heterocycles. The largest absolute Gasteiger partial charge is 0.381 e. The van der Waals surface area contributed by atoms with Crippen LogP contribution in [0.4, 0.5) is 0 Å². The molecule has 3 nitrogen and oxygen atoms in total. The Balaban J connectivity index is 2.52. The van der Waals surface area contributed by atoms with Crippen molar-refractivity contribution in [2.45, 2.75) is 32.6 Å². The van der Waals surface area contributed by atoms with Gasteiger partial charge < -0.3 is 4.74 Å². The fourth-order valence-electron chi connectivity index (χ4n) is 2.03. The highest BCUT2D eigenvalue weighted by Gasteiger charge is 2.19. The third-order valence-corrected chi connectivity index (χ3v) is 4.24. The normalized spacial score (nSPS) is 13.6. The summed E-state index contributed by atoms with van der Waals surface area (Å²) in [5, 5.41) is 0. The highest BCUT2D eigenvalue weighted by atomic mass is 35.7. The zero-order valence-electron chi connectivity index (χ0n) is 12.1. The molecular formula is C15H23ClO3S. The van der Waals surface area contributed by atoms with E-state index in [0.29, 0.717) is 19.1 Å². The highest BCUT2D eigenvalue weighted by molar-refractivity contribution is 8.13. The van der Waals surface area contributed by atoms with Crippen LogP contribution in [0.25, 0.3) is 0 Å². The zero-order chi connectivity index (χ0) is 15.0. The minimum Gasteiger partial charge on any atom is -0.381 e. The molecule has 0 N–H and O–H groups in total. The van der Waals surface area contributed by atoms with Crippen molar-refractivity contribution in [2.75, 3.05) is 19.0 Å². The van der Waals surface area contributed by atoms with Crippen molar-refractivity contribution >= 4 is 19.7 Å². The predicted molar refractivity (Wildman–Crippen MR) is 83.7 cm³/mol. The van der Waals surface area contributed by atoms with Crippen molar-refractivity contribution in [3.8, 4) is 0 Å². The molecular weight excluding hydrogens is 296 g/mol. The molecule has 0 aliphatic rings. The lowest BCUT2D eigenvalue weighted by Gasteiger charge is -2.16. The van der Waals surface area contributed by atoms with E-state index in [4.69, 9.17) is 15.4 Å². The van der Waals surface area contributed by atoms with Gasteiger partial charge in [0.25, 0.3) is 0 Å². The van der Waals surface area contributed by atoms with E-state index in [9.17, 15) is 8.42 Å². The average Bonchev–Trinajstić information content (AvgIpc) is 2.36. The van der Waals surface area contributed by atoms with E-state index in [0.717, 1.165) is 18.4 Å². The molecule has 0 heterocycles. The van der Waals surface area contributed by atoms with E-state index >= 15 is 0 Å². The maximum Gasteiger partial charge on any atom is 0.233 e. The molecule has 20 heavy (non-hydrogen) atoms. The molecule has 0 radical (unpaired) electrons. The summed E-state index contributed by atoms with van der Waals surface area (Å²) in [6.07, 6.45) is 2.11. The topological polar surface area (TPSA) is 43.4 Å². The van der Waals surface area contributed by atoms with E-state index in [1.807, 2.05) is 30.3 Å². The lowest BCUT2D eigenvalue weighted by molar-refractivity contribution is 0.118. The lowest BCUT2D eigenvalue weighted by atomic mass is 10.0. The van der Waals surface area contributed by atoms with Crippen molar-refractivity contribution in [3.63, 3.8) is 0 Å². The van der Waals surface area contributed by atoms with Gasteiger partial charge in [-0.2, -0.15) is 0 Å². The summed E-state index contributed by atoms with van der Waals surface area (Å²) in [7, 11) is 1.84. The molecule has 0 saturated heterocycles. The number of halogens is 1. The Morgan fingerprint density at radius 3 is 2.40 bits per heavy atom. The molecule has 0 fully saturated rings. The van der Waals surface area contributed by atoms with Crippen LogP contribution in [0.15, 0.2) is 30.3 Å². The first-order valence-electron chi connectivity index (χ1n) is 6.93. The van der Waals surface area contributed by atoms with E-state index in [1.165, 1.54) is 0 Å². The molecule has 1 aromatic rings. The quantitative estimate of drug-likeness (QED) is 0.514. The molecule has 1 atom stereocenters. The first kappa shape index (κ1) is 17.5. The molecule has 1 rings (SSSR count). The van der Waals surface area contributed by atoms with E-state index in [1.54, 1.807) is 0 Å². The Bertz CT molecular complexity index is 471. The number of rotatable bonds is 9. The molecule has 0 spiro atoms. The average molecular weight is 319 g/mol. The minimum absolute atomic E-state index is 0.0945. The molecule has 0 aliphatic carbocycles. The summed E-state index contributed by atoms with van der Waals surface area (Å²) in [4.78, 5) is 0. The third kappa shape index (κ3) is 7.88. The van der Waals surface area contributed by atoms with Crippen molar-refractivity contribution in [3.05, 3.63) is 35.9 Å². The molecule has 0 saturated carbocycles. The Hall–Kier alpha value is -0.580. The standard InChI is InChI=1S/C15H23ClO3S/c1-13(2)7-6-10-19-11-15(12-20(16,17)18)14-8-4-3-5-9-14/h3-5,8-9,13,15H,6-7,10-12H2,1-2H3. The monoisotopic (exact) mass is 318 g/mol. The summed E-state index contributed by atoms with van der Waals surface area (Å²) in [5.74, 6) is 0.354. The van der Waals surface area contributed by atoms with Gasteiger partial charge in [0.15, 0.2) is 0 Å². The molecule has 5 heteroatoms. The summed E-state index contributed by atoms with van der Waals surface area (Å²) in [6, 6.07) is 9.50. The summed E-state index contributed by atoms with van der Waals surface area (Å²) >= 11 is 0. The van der Waals surface area contributed by atoms with Crippen LogP contribution in [0.1, 0.15) is 38.2 Å². The molecule has 114 valence electrons. The van der Waals surface area contributed by atoms with Crippen LogP contribution in [-0.4, -0.2) is 27.4 Å². The number of benzene rings is 1. The van der Waals surface area contributed by atoms with Crippen LogP contribution in [-0.2, 0) is 13.8 Å². The van der Waals surface area contributed by atoms with Gasteiger partial charge in [-0.05, 0) is 24.3 Å². The van der Waals surface area contributed by atoms with Crippen LogP contribution in [0.3, 0.4) is 0 Å². The van der Waals surface area contributed by atoms with E-state index in [2.05, 4.69) is 13.8 Å². The van der Waals surface area contributed by atoms with Crippen LogP contribution in [0.5, 0.6) is 0 Å². The Kier molecular flexibility index (Phi) is 7.56. The van der Waals surface area contributed by atoms with Crippen molar-refractivity contribution in [1.29, 1.82) is 0 Å². The van der Waals surface area contributed by atoms with Crippen molar-refractivity contribution < 1.29 is 13.2 Å². The molecule has 1 unspecified atom stereocenters. The van der Waals surface area contributed by atoms with Gasteiger partial charge >= 0.3 is 0 Å². The smallest absolute Gasteiger partial charge is 0.233 e. The zero-order valence-corrected chi connectivity index (χ0v) is 13.7. The lowest BCUT2D eigenvalue weighted by Crippen LogP contribution is -2.16. The second-order valence-corrected chi connectivity index (χ2v) is 8.25. The summed E-state index contributed by atoms with van der Waals surface area (Å²) in [6.45, 7) is 5.39. The SMILES string of the molecule is CC(C)CCCOCC(CS(=O)(=O)Cl)c1ccccc1. The van der Waals surface area contributed by atoms with Gasteiger partial charge in [0.1, 0.15) is 0 Å². The third-order valence-electron chi connectivity index (χ3n) is 3.06.